The minimum absolute atomic E-state index is 0.219. The normalized spacial score (nSPS) is 16.0. The number of methoxy groups -OCH3 is 1. The lowest BCUT2D eigenvalue weighted by Gasteiger charge is -2.09. The van der Waals surface area contributed by atoms with Crippen LogP contribution in [0.1, 0.15) is 12.8 Å². The summed E-state index contributed by atoms with van der Waals surface area (Å²) in [5, 5.41) is 11.6. The van der Waals surface area contributed by atoms with Gasteiger partial charge in [-0.3, -0.25) is 4.79 Å². The molecule has 1 aliphatic carbocycles. The first kappa shape index (κ1) is 10.5. The number of rotatable bonds is 3. The Bertz CT molecular complexity index is 458. The first-order chi connectivity index (χ1) is 7.70. The van der Waals surface area contributed by atoms with Crippen molar-refractivity contribution in [1.29, 1.82) is 5.26 Å². The molecule has 16 heavy (non-hydrogen) atoms. The van der Waals surface area contributed by atoms with Crippen LogP contribution in [0.15, 0.2) is 24.3 Å². The fraction of sp³-hybridized carbons (Fsp3) is 0.333. The molecule has 0 aromatic heterocycles. The fourth-order valence-electron chi connectivity index (χ4n) is 1.47. The van der Waals surface area contributed by atoms with Crippen molar-refractivity contribution >= 4 is 11.6 Å². The molecule has 1 amide bonds. The number of ether oxygens (including phenoxy) is 1. The highest BCUT2D eigenvalue weighted by Crippen LogP contribution is 2.45. The van der Waals surface area contributed by atoms with Crippen molar-refractivity contribution in [2.45, 2.75) is 12.8 Å². The van der Waals surface area contributed by atoms with Gasteiger partial charge in [-0.1, -0.05) is 6.07 Å². The molecular formula is C12H12N2O2. The van der Waals surface area contributed by atoms with Crippen molar-refractivity contribution in [3.8, 4) is 11.8 Å². The van der Waals surface area contributed by atoms with Gasteiger partial charge in [0, 0.05) is 11.8 Å². The molecule has 82 valence electrons. The second-order valence-electron chi connectivity index (χ2n) is 3.88. The van der Waals surface area contributed by atoms with E-state index in [4.69, 9.17) is 10.00 Å². The van der Waals surface area contributed by atoms with Crippen molar-refractivity contribution in [3.05, 3.63) is 24.3 Å². The van der Waals surface area contributed by atoms with Crippen LogP contribution in [0.5, 0.6) is 5.75 Å². The van der Waals surface area contributed by atoms with Crippen LogP contribution in [0.3, 0.4) is 0 Å². The van der Waals surface area contributed by atoms with Crippen molar-refractivity contribution in [1.82, 2.24) is 0 Å². The molecule has 0 radical (unpaired) electrons. The van der Waals surface area contributed by atoms with Crippen LogP contribution < -0.4 is 10.1 Å². The Morgan fingerprint density at radius 1 is 1.56 bits per heavy atom. The number of amides is 1. The number of carbonyl (C=O) groups is 1. The molecule has 1 aromatic carbocycles. The van der Waals surface area contributed by atoms with Crippen molar-refractivity contribution < 1.29 is 9.53 Å². The number of carbonyl (C=O) groups excluding carboxylic acids is 1. The van der Waals surface area contributed by atoms with Gasteiger partial charge in [0.15, 0.2) is 0 Å². The van der Waals surface area contributed by atoms with Crippen LogP contribution in [-0.2, 0) is 4.79 Å². The summed E-state index contributed by atoms with van der Waals surface area (Å²) in [6.45, 7) is 0. The van der Waals surface area contributed by atoms with Crippen LogP contribution in [0.2, 0.25) is 0 Å². The quantitative estimate of drug-likeness (QED) is 0.839. The Morgan fingerprint density at radius 3 is 2.88 bits per heavy atom. The third-order valence-corrected chi connectivity index (χ3v) is 2.73. The molecule has 1 N–H and O–H groups in total. The second kappa shape index (κ2) is 3.86. The molecule has 2 rings (SSSR count). The van der Waals surface area contributed by atoms with Crippen LogP contribution in [-0.4, -0.2) is 13.0 Å². The molecule has 0 saturated heterocycles. The van der Waals surface area contributed by atoms with Gasteiger partial charge in [-0.15, -0.1) is 0 Å². The number of nitrogens with one attached hydrogen (secondary N) is 1. The topological polar surface area (TPSA) is 62.1 Å². The summed E-state index contributed by atoms with van der Waals surface area (Å²) in [5.41, 5.74) is -0.130. The molecule has 0 heterocycles. The highest BCUT2D eigenvalue weighted by molar-refractivity contribution is 5.99. The van der Waals surface area contributed by atoms with Gasteiger partial charge in [-0.25, -0.2) is 0 Å². The number of hydrogen-bond acceptors (Lipinski definition) is 3. The Kier molecular flexibility index (Phi) is 2.53. The summed E-state index contributed by atoms with van der Waals surface area (Å²) >= 11 is 0. The van der Waals surface area contributed by atoms with E-state index in [0.717, 1.165) is 0 Å². The maximum atomic E-state index is 11.8. The average Bonchev–Trinajstić information content (AvgIpc) is 3.10. The van der Waals surface area contributed by atoms with Gasteiger partial charge in [0.05, 0.1) is 13.2 Å². The van der Waals surface area contributed by atoms with E-state index in [0.29, 0.717) is 24.3 Å². The summed E-state index contributed by atoms with van der Waals surface area (Å²) in [4.78, 5) is 11.8. The Hall–Kier alpha value is -2.02. The second-order valence-corrected chi connectivity index (χ2v) is 3.88. The van der Waals surface area contributed by atoms with E-state index in [9.17, 15) is 4.79 Å². The van der Waals surface area contributed by atoms with Crippen molar-refractivity contribution in [2.75, 3.05) is 12.4 Å². The minimum Gasteiger partial charge on any atom is -0.497 e. The molecule has 1 aliphatic rings. The zero-order valence-electron chi connectivity index (χ0n) is 8.99. The molecule has 4 heteroatoms. The van der Waals surface area contributed by atoms with Gasteiger partial charge in [-0.05, 0) is 25.0 Å². The van der Waals surface area contributed by atoms with Gasteiger partial charge >= 0.3 is 0 Å². The van der Waals surface area contributed by atoms with Gasteiger partial charge < -0.3 is 10.1 Å². The number of hydrogen-bond donors (Lipinski definition) is 1. The van der Waals surface area contributed by atoms with Crippen molar-refractivity contribution in [2.24, 2.45) is 5.41 Å². The molecule has 0 unspecified atom stereocenters. The lowest BCUT2D eigenvalue weighted by molar-refractivity contribution is -0.119. The molecule has 4 nitrogen and oxygen atoms in total. The molecule has 0 aliphatic heterocycles. The molecule has 0 atom stereocenters. The minimum atomic E-state index is -0.789. The number of anilines is 1. The zero-order chi connectivity index (χ0) is 11.6. The van der Waals surface area contributed by atoms with Gasteiger partial charge in [0.2, 0.25) is 5.91 Å². The highest BCUT2D eigenvalue weighted by atomic mass is 16.5. The summed E-state index contributed by atoms with van der Waals surface area (Å²) in [5.74, 6) is 0.461. The Balaban J connectivity index is 2.10. The van der Waals surface area contributed by atoms with Crippen LogP contribution in [0.4, 0.5) is 5.69 Å². The van der Waals surface area contributed by atoms with Crippen LogP contribution >= 0.6 is 0 Å². The molecule has 0 bridgehead atoms. The van der Waals surface area contributed by atoms with E-state index >= 15 is 0 Å². The van der Waals surface area contributed by atoms with Gasteiger partial charge in [-0.2, -0.15) is 5.26 Å². The monoisotopic (exact) mass is 216 g/mol. The lowest BCUT2D eigenvalue weighted by Crippen LogP contribution is -2.22. The standard InChI is InChI=1S/C12H12N2O2/c1-16-10-4-2-3-9(7-10)14-11(15)12(8-13)5-6-12/h2-4,7H,5-6H2,1H3,(H,14,15). The summed E-state index contributed by atoms with van der Waals surface area (Å²) in [7, 11) is 1.57. The molecule has 1 saturated carbocycles. The summed E-state index contributed by atoms with van der Waals surface area (Å²) < 4.78 is 5.05. The fourth-order valence-corrected chi connectivity index (χ4v) is 1.47. The number of nitriles is 1. The zero-order valence-corrected chi connectivity index (χ0v) is 8.99. The number of nitrogens with zero attached hydrogens (tertiary/aromatic N) is 1. The third kappa shape index (κ3) is 1.84. The van der Waals surface area contributed by atoms with E-state index in [-0.39, 0.29) is 5.91 Å². The van der Waals surface area contributed by atoms with E-state index in [2.05, 4.69) is 11.4 Å². The van der Waals surface area contributed by atoms with Crippen LogP contribution in [0.25, 0.3) is 0 Å². The van der Waals surface area contributed by atoms with Gasteiger partial charge in [0.25, 0.3) is 0 Å². The largest absolute Gasteiger partial charge is 0.497 e. The van der Waals surface area contributed by atoms with Gasteiger partial charge in [0.1, 0.15) is 11.2 Å². The summed E-state index contributed by atoms with van der Waals surface area (Å²) in [6.07, 6.45) is 1.30. The van der Waals surface area contributed by atoms with Crippen molar-refractivity contribution in [3.63, 3.8) is 0 Å². The van der Waals surface area contributed by atoms with E-state index < -0.39 is 5.41 Å². The first-order valence-electron chi connectivity index (χ1n) is 5.07. The van der Waals surface area contributed by atoms with E-state index in [1.165, 1.54) is 0 Å². The van der Waals surface area contributed by atoms with Crippen LogP contribution in [0, 0.1) is 16.7 Å². The molecule has 1 aromatic rings. The predicted octanol–water partition coefficient (Wildman–Crippen LogP) is 1.94. The lowest BCUT2D eigenvalue weighted by atomic mass is 10.1. The van der Waals surface area contributed by atoms with E-state index in [1.54, 1.807) is 31.4 Å². The SMILES string of the molecule is COc1cccc(NC(=O)C2(C#N)CC2)c1. The predicted molar refractivity (Wildman–Crippen MR) is 58.9 cm³/mol. The smallest absolute Gasteiger partial charge is 0.244 e. The maximum Gasteiger partial charge on any atom is 0.244 e. The molecule has 0 spiro atoms. The molecule has 1 fully saturated rings. The highest BCUT2D eigenvalue weighted by Gasteiger charge is 2.50. The molecular weight excluding hydrogens is 204 g/mol. The average molecular weight is 216 g/mol. The van der Waals surface area contributed by atoms with E-state index in [1.807, 2.05) is 0 Å². The Morgan fingerprint density at radius 2 is 2.31 bits per heavy atom. The Labute approximate surface area is 93.8 Å². The first-order valence-corrected chi connectivity index (χ1v) is 5.07. The number of benzene rings is 1. The third-order valence-electron chi connectivity index (χ3n) is 2.73. The summed E-state index contributed by atoms with van der Waals surface area (Å²) in [6, 6.07) is 9.15. The maximum absolute atomic E-state index is 11.8.